The highest BCUT2D eigenvalue weighted by Gasteiger charge is 2.35. The Morgan fingerprint density at radius 1 is 1.22 bits per heavy atom. The Morgan fingerprint density at radius 3 is 2.57 bits per heavy atom. The normalized spacial score (nSPS) is 16.1. The van der Waals surface area contributed by atoms with Gasteiger partial charge in [0.1, 0.15) is 0 Å². The maximum atomic E-state index is 12.4. The van der Waals surface area contributed by atoms with Gasteiger partial charge in [0, 0.05) is 17.8 Å². The lowest BCUT2D eigenvalue weighted by molar-refractivity contribution is -0.122. The van der Waals surface area contributed by atoms with Crippen LogP contribution in [-0.4, -0.2) is 23.9 Å². The maximum absolute atomic E-state index is 12.4. The fraction of sp³-hybridized carbons (Fsp3) is 0.529. The van der Waals surface area contributed by atoms with Gasteiger partial charge in [-0.2, -0.15) is 0 Å². The van der Waals surface area contributed by atoms with E-state index in [2.05, 4.69) is 10.6 Å². The van der Waals surface area contributed by atoms with Crippen molar-refractivity contribution in [2.45, 2.75) is 51.0 Å². The first-order valence-corrected chi connectivity index (χ1v) is 8.04. The second-order valence-corrected chi connectivity index (χ2v) is 6.01. The lowest BCUT2D eigenvalue weighted by Crippen LogP contribution is -2.52. The molecule has 0 saturated heterocycles. The molecule has 0 spiro atoms. The highest BCUT2D eigenvalue weighted by molar-refractivity contribution is 6.00. The molecule has 1 saturated carbocycles. The highest BCUT2D eigenvalue weighted by atomic mass is 35.5. The Kier molecular flexibility index (Phi) is 7.52. The first-order chi connectivity index (χ1) is 10.5. The molecule has 1 aliphatic rings. The molecular weight excluding hydrogens is 314 g/mol. The third-order valence-corrected chi connectivity index (χ3v) is 4.12. The zero-order chi connectivity index (χ0) is 16.0. The second kappa shape index (κ2) is 8.89. The van der Waals surface area contributed by atoms with E-state index in [1.54, 1.807) is 24.3 Å². The van der Waals surface area contributed by atoms with Crippen LogP contribution in [0.2, 0.25) is 0 Å². The monoisotopic (exact) mass is 339 g/mol. The Bertz CT molecular complexity index is 542. The van der Waals surface area contributed by atoms with Gasteiger partial charge in [-0.3, -0.25) is 9.59 Å². The third kappa shape index (κ3) is 5.22. The summed E-state index contributed by atoms with van der Waals surface area (Å²) >= 11 is 0. The van der Waals surface area contributed by atoms with E-state index in [1.807, 2.05) is 6.92 Å². The van der Waals surface area contributed by atoms with E-state index in [1.165, 1.54) is 0 Å². The molecule has 0 radical (unpaired) electrons. The van der Waals surface area contributed by atoms with Gasteiger partial charge in [-0.1, -0.05) is 32.3 Å². The number of anilines is 1. The van der Waals surface area contributed by atoms with Crippen LogP contribution in [0, 0.1) is 0 Å². The predicted molar refractivity (Wildman–Crippen MR) is 94.9 cm³/mol. The number of halogens is 1. The van der Waals surface area contributed by atoms with Crippen molar-refractivity contribution < 1.29 is 9.59 Å². The molecule has 1 aromatic carbocycles. The molecule has 0 aromatic heterocycles. The molecule has 1 aliphatic carbocycles. The first-order valence-electron chi connectivity index (χ1n) is 8.04. The van der Waals surface area contributed by atoms with Crippen LogP contribution in [0.1, 0.15) is 55.8 Å². The fourth-order valence-corrected chi connectivity index (χ4v) is 2.74. The summed E-state index contributed by atoms with van der Waals surface area (Å²) in [5, 5.41) is 5.68. The molecule has 1 fully saturated rings. The van der Waals surface area contributed by atoms with Gasteiger partial charge >= 0.3 is 0 Å². The third-order valence-electron chi connectivity index (χ3n) is 4.12. The van der Waals surface area contributed by atoms with E-state index in [-0.39, 0.29) is 24.2 Å². The smallest absolute Gasteiger partial charge is 0.251 e. The number of hydrogen-bond donors (Lipinski definition) is 3. The molecule has 2 amide bonds. The zero-order valence-electron chi connectivity index (χ0n) is 13.6. The van der Waals surface area contributed by atoms with Gasteiger partial charge < -0.3 is 16.4 Å². The predicted octanol–water partition coefficient (Wildman–Crippen LogP) is 2.85. The lowest BCUT2D eigenvalue weighted by Gasteiger charge is -2.31. The standard InChI is InChI=1S/C17H25N3O2.ClH/c1-2-11-19-15(21)13-7-6-8-14(12-13)20-16(22)17(18)9-4-3-5-10-17;/h6-8,12H,2-5,9-11,18H2,1H3,(H,19,21)(H,20,22);1H. The Morgan fingerprint density at radius 2 is 1.91 bits per heavy atom. The van der Waals surface area contributed by atoms with Crippen molar-refractivity contribution in [2.24, 2.45) is 5.73 Å². The molecule has 23 heavy (non-hydrogen) atoms. The van der Waals surface area contributed by atoms with Crippen molar-refractivity contribution in [3.05, 3.63) is 29.8 Å². The molecule has 6 heteroatoms. The van der Waals surface area contributed by atoms with Crippen LogP contribution >= 0.6 is 12.4 Å². The summed E-state index contributed by atoms with van der Waals surface area (Å²) < 4.78 is 0. The second-order valence-electron chi connectivity index (χ2n) is 6.01. The van der Waals surface area contributed by atoms with E-state index < -0.39 is 5.54 Å². The summed E-state index contributed by atoms with van der Waals surface area (Å²) in [4.78, 5) is 24.4. The number of carbonyl (C=O) groups excluding carboxylic acids is 2. The quantitative estimate of drug-likeness (QED) is 0.771. The minimum Gasteiger partial charge on any atom is -0.352 e. The van der Waals surface area contributed by atoms with Gasteiger partial charge in [0.05, 0.1) is 5.54 Å². The number of carbonyl (C=O) groups is 2. The molecule has 0 heterocycles. The molecule has 4 N–H and O–H groups in total. The number of rotatable bonds is 5. The maximum Gasteiger partial charge on any atom is 0.251 e. The summed E-state index contributed by atoms with van der Waals surface area (Å²) in [5.74, 6) is -0.281. The molecule has 0 bridgehead atoms. The van der Waals surface area contributed by atoms with Crippen molar-refractivity contribution in [3.8, 4) is 0 Å². The van der Waals surface area contributed by atoms with E-state index in [9.17, 15) is 9.59 Å². The zero-order valence-corrected chi connectivity index (χ0v) is 14.4. The van der Waals surface area contributed by atoms with Crippen LogP contribution in [0.4, 0.5) is 5.69 Å². The average Bonchev–Trinajstić information content (AvgIpc) is 2.53. The van der Waals surface area contributed by atoms with Gasteiger partial charge in [0.15, 0.2) is 0 Å². The Hall–Kier alpha value is -1.59. The minimum atomic E-state index is -0.779. The number of benzene rings is 1. The summed E-state index contributed by atoms with van der Waals surface area (Å²) in [5.41, 5.74) is 6.60. The van der Waals surface area contributed by atoms with Gasteiger partial charge in [-0.05, 0) is 37.5 Å². The molecule has 2 rings (SSSR count). The van der Waals surface area contributed by atoms with E-state index in [0.29, 0.717) is 17.8 Å². The Balaban J connectivity index is 0.00000264. The van der Waals surface area contributed by atoms with Crippen molar-refractivity contribution in [2.75, 3.05) is 11.9 Å². The fourth-order valence-electron chi connectivity index (χ4n) is 2.74. The van der Waals surface area contributed by atoms with Crippen molar-refractivity contribution in [1.82, 2.24) is 5.32 Å². The average molecular weight is 340 g/mol. The molecule has 128 valence electrons. The molecule has 5 nitrogen and oxygen atoms in total. The van der Waals surface area contributed by atoms with Crippen molar-refractivity contribution in [1.29, 1.82) is 0 Å². The Labute approximate surface area is 143 Å². The van der Waals surface area contributed by atoms with Crippen molar-refractivity contribution in [3.63, 3.8) is 0 Å². The van der Waals surface area contributed by atoms with E-state index in [4.69, 9.17) is 5.73 Å². The largest absolute Gasteiger partial charge is 0.352 e. The minimum absolute atomic E-state index is 0. The topological polar surface area (TPSA) is 84.2 Å². The number of nitrogens with two attached hydrogens (primary N) is 1. The van der Waals surface area contributed by atoms with Gasteiger partial charge in [-0.25, -0.2) is 0 Å². The SMILES string of the molecule is CCCNC(=O)c1cccc(NC(=O)C2(N)CCCCC2)c1.Cl. The number of amides is 2. The van der Waals surface area contributed by atoms with Gasteiger partial charge in [0.25, 0.3) is 5.91 Å². The molecule has 0 aliphatic heterocycles. The first kappa shape index (κ1) is 19.5. The lowest BCUT2D eigenvalue weighted by atomic mass is 9.82. The van der Waals surface area contributed by atoms with Crippen LogP contribution in [0.3, 0.4) is 0 Å². The summed E-state index contributed by atoms with van der Waals surface area (Å²) in [6.07, 6.45) is 5.44. The van der Waals surface area contributed by atoms with Gasteiger partial charge in [-0.15, -0.1) is 12.4 Å². The highest BCUT2D eigenvalue weighted by Crippen LogP contribution is 2.27. The van der Waals surface area contributed by atoms with Crippen LogP contribution < -0.4 is 16.4 Å². The number of hydrogen-bond acceptors (Lipinski definition) is 3. The summed E-state index contributed by atoms with van der Waals surface area (Å²) in [6.45, 7) is 2.64. The van der Waals surface area contributed by atoms with Crippen LogP contribution in [-0.2, 0) is 4.79 Å². The summed E-state index contributed by atoms with van der Waals surface area (Å²) in [7, 11) is 0. The van der Waals surface area contributed by atoms with Crippen LogP contribution in [0.5, 0.6) is 0 Å². The molecular formula is C17H26ClN3O2. The van der Waals surface area contributed by atoms with E-state index in [0.717, 1.165) is 38.5 Å². The van der Waals surface area contributed by atoms with Crippen molar-refractivity contribution >= 4 is 29.9 Å². The number of nitrogens with one attached hydrogen (secondary N) is 2. The van der Waals surface area contributed by atoms with Gasteiger partial charge in [0.2, 0.25) is 5.91 Å². The summed E-state index contributed by atoms with van der Waals surface area (Å²) in [6, 6.07) is 6.97. The van der Waals surface area contributed by atoms with E-state index >= 15 is 0 Å². The molecule has 0 unspecified atom stereocenters. The molecule has 0 atom stereocenters. The van der Waals surface area contributed by atoms with Crippen LogP contribution in [0.25, 0.3) is 0 Å². The molecule has 1 aromatic rings. The van der Waals surface area contributed by atoms with Crippen LogP contribution in [0.15, 0.2) is 24.3 Å².